The lowest BCUT2D eigenvalue weighted by Gasteiger charge is -1.98. The summed E-state index contributed by atoms with van der Waals surface area (Å²) < 4.78 is 7.83. The van der Waals surface area contributed by atoms with Crippen LogP contribution in [0.15, 0.2) is 33.5 Å². The molecule has 2 aromatic rings. The second kappa shape index (κ2) is 3.88. The predicted molar refractivity (Wildman–Crippen MR) is 56.9 cm³/mol. The minimum atomic E-state index is 0.641. The van der Waals surface area contributed by atoms with Gasteiger partial charge in [-0.1, -0.05) is 0 Å². The third-order valence-electron chi connectivity index (χ3n) is 1.79. The maximum absolute atomic E-state index is 5.33. The first-order chi connectivity index (χ1) is 6.74. The Kier molecular flexibility index (Phi) is 2.58. The quantitative estimate of drug-likeness (QED) is 0.916. The van der Waals surface area contributed by atoms with Crippen LogP contribution < -0.4 is 5.32 Å². The molecule has 0 bridgehead atoms. The molecule has 0 spiro atoms. The Bertz CT molecular complexity index is 381. The summed E-state index contributed by atoms with van der Waals surface area (Å²) in [5.74, 6) is 1.72. The molecular weight excluding hydrogens is 246 g/mol. The highest BCUT2D eigenvalue weighted by atomic mass is 79.9. The van der Waals surface area contributed by atoms with E-state index in [4.69, 9.17) is 4.42 Å². The Morgan fingerprint density at radius 1 is 1.50 bits per heavy atom. The minimum absolute atomic E-state index is 0.641. The summed E-state index contributed by atoms with van der Waals surface area (Å²) in [4.78, 5) is 0. The molecule has 14 heavy (non-hydrogen) atoms. The molecule has 0 atom stereocenters. The average molecular weight is 256 g/mol. The van der Waals surface area contributed by atoms with Crippen LogP contribution in [0.5, 0.6) is 0 Å². The number of aryl methyl sites for hydroxylation is 1. The lowest BCUT2D eigenvalue weighted by atomic mass is 10.4. The fourth-order valence-electron chi connectivity index (χ4n) is 1.13. The van der Waals surface area contributed by atoms with Gasteiger partial charge in [-0.2, -0.15) is 5.10 Å². The number of nitrogens with one attached hydrogen (secondary N) is 1. The fraction of sp³-hybridized carbons (Fsp3) is 0.222. The molecule has 0 radical (unpaired) electrons. The summed E-state index contributed by atoms with van der Waals surface area (Å²) in [5, 5.41) is 7.33. The standard InChI is InChI=1S/C9H10BrN3O/c1-13-5-4-9(12-13)11-6-7-2-3-8(10)14-7/h2-5H,6H2,1H3,(H,11,12). The van der Waals surface area contributed by atoms with Gasteiger partial charge in [0.25, 0.3) is 0 Å². The molecule has 0 saturated heterocycles. The number of rotatable bonds is 3. The molecule has 2 heterocycles. The molecule has 5 heteroatoms. The maximum Gasteiger partial charge on any atom is 0.169 e. The molecule has 0 unspecified atom stereocenters. The summed E-state index contributed by atoms with van der Waals surface area (Å²) in [7, 11) is 1.88. The van der Waals surface area contributed by atoms with Gasteiger partial charge < -0.3 is 9.73 Å². The molecule has 2 rings (SSSR count). The number of hydrogen-bond acceptors (Lipinski definition) is 3. The third-order valence-corrected chi connectivity index (χ3v) is 2.21. The van der Waals surface area contributed by atoms with Crippen molar-refractivity contribution in [3.05, 3.63) is 34.8 Å². The molecule has 0 aliphatic rings. The van der Waals surface area contributed by atoms with Crippen LogP contribution in [0.25, 0.3) is 0 Å². The summed E-state index contributed by atoms with van der Waals surface area (Å²) in [6.45, 7) is 0.641. The Labute approximate surface area is 90.0 Å². The van der Waals surface area contributed by atoms with Crippen LogP contribution in [0.1, 0.15) is 5.76 Å². The highest BCUT2D eigenvalue weighted by Crippen LogP contribution is 2.14. The SMILES string of the molecule is Cn1ccc(NCc2ccc(Br)o2)n1. The van der Waals surface area contributed by atoms with E-state index in [2.05, 4.69) is 26.3 Å². The Balaban J connectivity index is 1.94. The fourth-order valence-corrected chi connectivity index (χ4v) is 1.47. The van der Waals surface area contributed by atoms with Crippen molar-refractivity contribution >= 4 is 21.7 Å². The topological polar surface area (TPSA) is 43.0 Å². The maximum atomic E-state index is 5.33. The molecule has 0 aliphatic carbocycles. The normalized spacial score (nSPS) is 10.4. The van der Waals surface area contributed by atoms with Crippen molar-refractivity contribution in [2.75, 3.05) is 5.32 Å². The molecule has 0 saturated carbocycles. The molecule has 2 aromatic heterocycles. The van der Waals surface area contributed by atoms with Gasteiger partial charge in [0.1, 0.15) is 11.6 Å². The summed E-state index contributed by atoms with van der Waals surface area (Å²) in [5.41, 5.74) is 0. The van der Waals surface area contributed by atoms with E-state index in [9.17, 15) is 0 Å². The van der Waals surface area contributed by atoms with Crippen LogP contribution >= 0.6 is 15.9 Å². The minimum Gasteiger partial charge on any atom is -0.452 e. The van der Waals surface area contributed by atoms with Crippen LogP contribution in [0.2, 0.25) is 0 Å². The second-order valence-electron chi connectivity index (χ2n) is 2.93. The van der Waals surface area contributed by atoms with Crippen molar-refractivity contribution in [3.63, 3.8) is 0 Å². The van der Waals surface area contributed by atoms with Crippen molar-refractivity contribution in [2.45, 2.75) is 6.54 Å². The second-order valence-corrected chi connectivity index (χ2v) is 3.72. The van der Waals surface area contributed by atoms with Gasteiger partial charge in [-0.15, -0.1) is 0 Å². The van der Waals surface area contributed by atoms with E-state index in [-0.39, 0.29) is 0 Å². The monoisotopic (exact) mass is 255 g/mol. The van der Waals surface area contributed by atoms with Crippen molar-refractivity contribution in [3.8, 4) is 0 Å². The Morgan fingerprint density at radius 3 is 2.93 bits per heavy atom. The van der Waals surface area contributed by atoms with E-state index in [1.165, 1.54) is 0 Å². The zero-order valence-corrected chi connectivity index (χ0v) is 9.28. The first-order valence-corrected chi connectivity index (χ1v) is 5.01. The van der Waals surface area contributed by atoms with Crippen molar-refractivity contribution in [1.29, 1.82) is 0 Å². The molecule has 74 valence electrons. The van der Waals surface area contributed by atoms with E-state index in [1.807, 2.05) is 31.4 Å². The molecule has 4 nitrogen and oxygen atoms in total. The first-order valence-electron chi connectivity index (χ1n) is 4.22. The van der Waals surface area contributed by atoms with Gasteiger partial charge >= 0.3 is 0 Å². The van der Waals surface area contributed by atoms with Crippen LogP contribution in [0.4, 0.5) is 5.82 Å². The summed E-state index contributed by atoms with van der Waals surface area (Å²) in [6.07, 6.45) is 1.89. The molecule has 0 fully saturated rings. The summed E-state index contributed by atoms with van der Waals surface area (Å²) in [6, 6.07) is 5.70. The zero-order chi connectivity index (χ0) is 9.97. The van der Waals surface area contributed by atoms with Gasteiger partial charge in [0.2, 0.25) is 0 Å². The van der Waals surface area contributed by atoms with Gasteiger partial charge in [0.15, 0.2) is 4.67 Å². The van der Waals surface area contributed by atoms with E-state index < -0.39 is 0 Å². The van der Waals surface area contributed by atoms with Crippen molar-refractivity contribution in [1.82, 2.24) is 9.78 Å². The van der Waals surface area contributed by atoms with Crippen LogP contribution in [0.3, 0.4) is 0 Å². The largest absolute Gasteiger partial charge is 0.452 e. The number of furan rings is 1. The Hall–Kier alpha value is -1.23. The Morgan fingerprint density at radius 2 is 2.36 bits per heavy atom. The zero-order valence-electron chi connectivity index (χ0n) is 7.70. The van der Waals surface area contributed by atoms with E-state index >= 15 is 0 Å². The third kappa shape index (κ3) is 2.17. The van der Waals surface area contributed by atoms with Crippen LogP contribution in [-0.4, -0.2) is 9.78 Å². The van der Waals surface area contributed by atoms with E-state index in [1.54, 1.807) is 4.68 Å². The van der Waals surface area contributed by atoms with Crippen LogP contribution in [0, 0.1) is 0 Å². The molecule has 0 aliphatic heterocycles. The molecular formula is C9H10BrN3O. The smallest absolute Gasteiger partial charge is 0.169 e. The average Bonchev–Trinajstić information content (AvgIpc) is 2.72. The van der Waals surface area contributed by atoms with Gasteiger partial charge in [-0.25, -0.2) is 0 Å². The number of aromatic nitrogens is 2. The van der Waals surface area contributed by atoms with E-state index in [0.29, 0.717) is 6.54 Å². The lowest BCUT2D eigenvalue weighted by molar-refractivity contribution is 0.495. The number of hydrogen-bond donors (Lipinski definition) is 1. The molecule has 1 N–H and O–H groups in total. The van der Waals surface area contributed by atoms with Gasteiger partial charge in [-0.3, -0.25) is 4.68 Å². The molecule has 0 amide bonds. The number of nitrogens with zero attached hydrogens (tertiary/aromatic N) is 2. The van der Waals surface area contributed by atoms with E-state index in [0.717, 1.165) is 16.2 Å². The first kappa shape index (κ1) is 9.33. The molecule has 0 aromatic carbocycles. The predicted octanol–water partition coefficient (Wildman–Crippen LogP) is 2.39. The van der Waals surface area contributed by atoms with Gasteiger partial charge in [0.05, 0.1) is 6.54 Å². The highest BCUT2D eigenvalue weighted by Gasteiger charge is 2.00. The van der Waals surface area contributed by atoms with Gasteiger partial charge in [0, 0.05) is 19.3 Å². The van der Waals surface area contributed by atoms with Gasteiger partial charge in [-0.05, 0) is 28.1 Å². The number of halogens is 1. The number of anilines is 1. The lowest BCUT2D eigenvalue weighted by Crippen LogP contribution is -1.99. The van der Waals surface area contributed by atoms with Crippen LogP contribution in [-0.2, 0) is 13.6 Å². The highest BCUT2D eigenvalue weighted by molar-refractivity contribution is 9.10. The van der Waals surface area contributed by atoms with Crippen molar-refractivity contribution < 1.29 is 4.42 Å². The van der Waals surface area contributed by atoms with Crippen molar-refractivity contribution in [2.24, 2.45) is 7.05 Å². The summed E-state index contributed by atoms with van der Waals surface area (Å²) >= 11 is 3.25.